The van der Waals surface area contributed by atoms with E-state index < -0.39 is 23.5 Å². The molecule has 1 aromatic carbocycles. The fourth-order valence-electron chi connectivity index (χ4n) is 3.45. The van der Waals surface area contributed by atoms with Crippen LogP contribution in [0.3, 0.4) is 0 Å². The van der Waals surface area contributed by atoms with E-state index in [1.807, 2.05) is 0 Å². The number of amides is 1. The van der Waals surface area contributed by atoms with Crippen molar-refractivity contribution in [3.05, 3.63) is 53.2 Å². The number of hydrogen-bond acceptors (Lipinski definition) is 8. The van der Waals surface area contributed by atoms with E-state index in [2.05, 4.69) is 0 Å². The minimum atomic E-state index is -0.904. The van der Waals surface area contributed by atoms with Gasteiger partial charge in [-0.3, -0.25) is 9.59 Å². The van der Waals surface area contributed by atoms with Crippen LogP contribution in [0, 0.1) is 0 Å². The summed E-state index contributed by atoms with van der Waals surface area (Å²) in [6.45, 7) is 0.359. The summed E-state index contributed by atoms with van der Waals surface area (Å²) in [7, 11) is 5.90. The fourth-order valence-corrected chi connectivity index (χ4v) is 3.45. The number of carbonyl (C=O) groups excluding carboxylic acids is 2. The van der Waals surface area contributed by atoms with E-state index >= 15 is 0 Å². The van der Waals surface area contributed by atoms with E-state index in [1.165, 1.54) is 45.7 Å². The Kier molecular flexibility index (Phi) is 6.31. The zero-order valence-electron chi connectivity index (χ0n) is 17.1. The molecule has 9 heteroatoms. The number of ketones is 1. The van der Waals surface area contributed by atoms with E-state index in [1.54, 1.807) is 18.2 Å². The van der Waals surface area contributed by atoms with Crippen LogP contribution >= 0.6 is 0 Å². The van der Waals surface area contributed by atoms with Crippen molar-refractivity contribution in [1.82, 2.24) is 4.90 Å². The van der Waals surface area contributed by atoms with Crippen LogP contribution in [-0.2, 0) is 9.53 Å². The van der Waals surface area contributed by atoms with E-state index in [-0.39, 0.29) is 24.5 Å². The molecule has 30 heavy (non-hydrogen) atoms. The van der Waals surface area contributed by atoms with Crippen LogP contribution in [0.4, 0.5) is 0 Å². The Bertz CT molecular complexity index is 938. The van der Waals surface area contributed by atoms with Crippen LogP contribution in [-0.4, -0.2) is 63.3 Å². The highest BCUT2D eigenvalue weighted by molar-refractivity contribution is 6.15. The average molecular weight is 417 g/mol. The summed E-state index contributed by atoms with van der Waals surface area (Å²) >= 11 is 0. The van der Waals surface area contributed by atoms with E-state index in [0.717, 1.165) is 0 Å². The van der Waals surface area contributed by atoms with Crippen LogP contribution in [0.1, 0.15) is 22.2 Å². The molecule has 0 unspecified atom stereocenters. The summed E-state index contributed by atoms with van der Waals surface area (Å²) in [6, 6.07) is 5.38. The van der Waals surface area contributed by atoms with Gasteiger partial charge in [-0.25, -0.2) is 0 Å². The van der Waals surface area contributed by atoms with Crippen molar-refractivity contribution >= 4 is 11.7 Å². The third kappa shape index (κ3) is 3.59. The molecule has 1 atom stereocenters. The molecule has 0 aliphatic carbocycles. The van der Waals surface area contributed by atoms with Crippen molar-refractivity contribution in [2.45, 2.75) is 6.04 Å². The number of aliphatic hydroxyl groups is 1. The first-order valence-corrected chi connectivity index (χ1v) is 9.09. The molecule has 2 aromatic rings. The lowest BCUT2D eigenvalue weighted by atomic mass is 9.94. The summed E-state index contributed by atoms with van der Waals surface area (Å²) in [5.41, 5.74) is 0.397. The van der Waals surface area contributed by atoms with Gasteiger partial charge in [-0.05, 0) is 29.8 Å². The summed E-state index contributed by atoms with van der Waals surface area (Å²) in [5.74, 6) is -0.833. The molecule has 0 saturated heterocycles. The van der Waals surface area contributed by atoms with Crippen molar-refractivity contribution in [1.29, 1.82) is 0 Å². The van der Waals surface area contributed by atoms with Crippen molar-refractivity contribution in [3.63, 3.8) is 0 Å². The Balaban J connectivity index is 2.18. The first-order chi connectivity index (χ1) is 14.5. The highest BCUT2D eigenvalue weighted by Gasteiger charge is 2.44. The molecule has 1 aliphatic rings. The molecule has 1 amide bonds. The molecule has 3 rings (SSSR count). The quantitative estimate of drug-likeness (QED) is 0.620. The van der Waals surface area contributed by atoms with Gasteiger partial charge in [-0.1, -0.05) is 0 Å². The first-order valence-electron chi connectivity index (χ1n) is 9.09. The Labute approximate surface area is 173 Å². The van der Waals surface area contributed by atoms with E-state index in [4.69, 9.17) is 23.4 Å². The van der Waals surface area contributed by atoms with Crippen LogP contribution in [0.5, 0.6) is 17.2 Å². The van der Waals surface area contributed by atoms with Gasteiger partial charge in [0.15, 0.2) is 23.0 Å². The maximum Gasteiger partial charge on any atom is 0.290 e. The van der Waals surface area contributed by atoms with Gasteiger partial charge in [-0.2, -0.15) is 0 Å². The molecular weight excluding hydrogens is 394 g/mol. The molecule has 0 saturated carbocycles. The lowest BCUT2D eigenvalue weighted by Gasteiger charge is -2.27. The summed E-state index contributed by atoms with van der Waals surface area (Å²) in [5, 5.41) is 10.6. The molecule has 1 N–H and O–H groups in total. The van der Waals surface area contributed by atoms with Crippen LogP contribution < -0.4 is 14.2 Å². The van der Waals surface area contributed by atoms with Crippen LogP contribution in [0.2, 0.25) is 0 Å². The predicted octanol–water partition coefficient (Wildman–Crippen LogP) is 2.53. The topological polar surface area (TPSA) is 108 Å². The summed E-state index contributed by atoms with van der Waals surface area (Å²) < 4.78 is 26.5. The molecule has 0 bridgehead atoms. The van der Waals surface area contributed by atoms with Gasteiger partial charge in [0, 0.05) is 13.7 Å². The highest BCUT2D eigenvalue weighted by Crippen LogP contribution is 2.45. The monoisotopic (exact) mass is 417 g/mol. The van der Waals surface area contributed by atoms with Gasteiger partial charge >= 0.3 is 0 Å². The number of benzene rings is 1. The second kappa shape index (κ2) is 8.91. The standard InChI is InChI=1S/C21H23NO8/c1-26-9-7-22-17(12-10-14(27-2)20(29-4)15(11-12)28-3)16(19(24)21(22)25)18(23)13-6-5-8-30-13/h5-6,8,10-11,17,24H,7,9H2,1-4H3/t17-/m1/s1. The van der Waals surface area contributed by atoms with Crippen molar-refractivity contribution in [2.75, 3.05) is 41.6 Å². The van der Waals surface area contributed by atoms with Crippen LogP contribution in [0.15, 0.2) is 46.3 Å². The number of aliphatic hydroxyl groups excluding tert-OH is 1. The lowest BCUT2D eigenvalue weighted by Crippen LogP contribution is -2.34. The number of methoxy groups -OCH3 is 4. The number of Topliss-reactive ketones (excluding diaryl/α,β-unsaturated/α-hetero) is 1. The van der Waals surface area contributed by atoms with Gasteiger partial charge in [0.05, 0.1) is 45.8 Å². The van der Waals surface area contributed by atoms with Gasteiger partial charge in [0.1, 0.15) is 0 Å². The van der Waals surface area contributed by atoms with E-state index in [9.17, 15) is 14.7 Å². The number of hydrogen-bond donors (Lipinski definition) is 1. The fraction of sp³-hybridized carbons (Fsp3) is 0.333. The number of ether oxygens (including phenoxy) is 4. The summed E-state index contributed by atoms with van der Waals surface area (Å²) in [6.07, 6.45) is 1.35. The second-order valence-electron chi connectivity index (χ2n) is 6.42. The lowest BCUT2D eigenvalue weighted by molar-refractivity contribution is -0.130. The zero-order chi connectivity index (χ0) is 21.8. The minimum absolute atomic E-state index is 0.00961. The first kappa shape index (κ1) is 21.3. The smallest absolute Gasteiger partial charge is 0.290 e. The van der Waals surface area contributed by atoms with Crippen molar-refractivity contribution in [3.8, 4) is 17.2 Å². The molecular formula is C21H23NO8. The van der Waals surface area contributed by atoms with Gasteiger partial charge in [0.25, 0.3) is 5.91 Å². The molecule has 0 fully saturated rings. The predicted molar refractivity (Wildman–Crippen MR) is 105 cm³/mol. The molecule has 0 spiro atoms. The SMILES string of the molecule is COCCN1C(=O)C(O)=C(C(=O)c2ccco2)[C@H]1c1cc(OC)c(OC)c(OC)c1. The molecule has 2 heterocycles. The molecule has 1 aliphatic heterocycles. The Morgan fingerprint density at radius 2 is 1.80 bits per heavy atom. The van der Waals surface area contributed by atoms with Crippen molar-refractivity contribution in [2.24, 2.45) is 0 Å². The number of rotatable bonds is 9. The molecule has 9 nitrogen and oxygen atoms in total. The maximum atomic E-state index is 13.1. The third-order valence-electron chi connectivity index (χ3n) is 4.83. The Morgan fingerprint density at radius 1 is 1.13 bits per heavy atom. The van der Waals surface area contributed by atoms with Crippen molar-refractivity contribution < 1.29 is 38.1 Å². The number of furan rings is 1. The number of nitrogens with zero attached hydrogens (tertiary/aromatic N) is 1. The molecule has 1 aromatic heterocycles. The minimum Gasteiger partial charge on any atom is -0.503 e. The largest absolute Gasteiger partial charge is 0.503 e. The summed E-state index contributed by atoms with van der Waals surface area (Å²) in [4.78, 5) is 27.3. The van der Waals surface area contributed by atoms with E-state index in [0.29, 0.717) is 22.8 Å². The third-order valence-corrected chi connectivity index (χ3v) is 4.83. The average Bonchev–Trinajstić information content (AvgIpc) is 3.38. The molecule has 160 valence electrons. The second-order valence-corrected chi connectivity index (χ2v) is 6.42. The van der Waals surface area contributed by atoms with Gasteiger partial charge < -0.3 is 33.4 Å². The van der Waals surface area contributed by atoms with Gasteiger partial charge in [-0.15, -0.1) is 0 Å². The maximum absolute atomic E-state index is 13.1. The molecule has 0 radical (unpaired) electrons. The number of carbonyl (C=O) groups is 2. The van der Waals surface area contributed by atoms with Crippen LogP contribution in [0.25, 0.3) is 0 Å². The Morgan fingerprint density at radius 3 is 2.30 bits per heavy atom. The van der Waals surface area contributed by atoms with Gasteiger partial charge in [0.2, 0.25) is 11.5 Å². The Hall–Kier alpha value is -3.46. The highest BCUT2D eigenvalue weighted by atomic mass is 16.5. The zero-order valence-corrected chi connectivity index (χ0v) is 17.1. The normalized spacial score (nSPS) is 16.2.